The summed E-state index contributed by atoms with van der Waals surface area (Å²) in [6.07, 6.45) is 0. The molecule has 0 aromatic heterocycles. The molecule has 0 bridgehead atoms. The van der Waals surface area contributed by atoms with Gasteiger partial charge in [0.25, 0.3) is 11.8 Å². The molecular weight excluding hydrogens is 374 g/mol. The van der Waals surface area contributed by atoms with Crippen molar-refractivity contribution in [1.82, 2.24) is 0 Å². The summed E-state index contributed by atoms with van der Waals surface area (Å²) in [5.74, 6) is -2.73. The van der Waals surface area contributed by atoms with Crippen LogP contribution in [0.2, 0.25) is 0 Å². The molecule has 1 N–H and O–H groups in total. The largest absolute Gasteiger partial charge is 0.317 e. The van der Waals surface area contributed by atoms with Gasteiger partial charge in [0.15, 0.2) is 0 Å². The van der Waals surface area contributed by atoms with Crippen LogP contribution in [0.15, 0.2) is 66.7 Å². The number of halogens is 2. The first kappa shape index (κ1) is 20.2. The van der Waals surface area contributed by atoms with Gasteiger partial charge in [-0.05, 0) is 61.9 Å². The number of hydrogen-bond acceptors (Lipinski definition) is 2. The third kappa shape index (κ3) is 4.48. The molecule has 0 spiro atoms. The van der Waals surface area contributed by atoms with Gasteiger partial charge in [-0.2, -0.15) is 0 Å². The van der Waals surface area contributed by atoms with Crippen molar-refractivity contribution in [1.29, 1.82) is 0 Å². The smallest absolute Gasteiger partial charge is 0.258 e. The minimum absolute atomic E-state index is 0.124. The average molecular weight is 394 g/mol. The zero-order valence-corrected chi connectivity index (χ0v) is 16.1. The van der Waals surface area contributed by atoms with Gasteiger partial charge < -0.3 is 10.2 Å². The minimum Gasteiger partial charge on any atom is -0.317 e. The Morgan fingerprint density at radius 3 is 2.17 bits per heavy atom. The van der Waals surface area contributed by atoms with Crippen LogP contribution in [0, 0.1) is 18.6 Å². The van der Waals surface area contributed by atoms with Crippen LogP contribution in [0.5, 0.6) is 0 Å². The maximum atomic E-state index is 13.8. The molecular formula is C23H20F2N2O2. The lowest BCUT2D eigenvalue weighted by atomic mass is 10.1. The lowest BCUT2D eigenvalue weighted by Crippen LogP contribution is -2.30. The molecule has 6 heteroatoms. The summed E-state index contributed by atoms with van der Waals surface area (Å²) < 4.78 is 27.6. The molecule has 3 aromatic carbocycles. The van der Waals surface area contributed by atoms with E-state index < -0.39 is 23.2 Å². The second-order valence-corrected chi connectivity index (χ2v) is 6.52. The summed E-state index contributed by atoms with van der Waals surface area (Å²) in [4.78, 5) is 27.1. The quantitative estimate of drug-likeness (QED) is 0.647. The molecule has 0 unspecified atom stereocenters. The van der Waals surface area contributed by atoms with Crippen molar-refractivity contribution in [2.45, 2.75) is 13.8 Å². The van der Waals surface area contributed by atoms with Gasteiger partial charge in [0.1, 0.15) is 17.3 Å². The summed E-state index contributed by atoms with van der Waals surface area (Å²) in [6, 6.07) is 16.9. The molecule has 2 amide bonds. The SMILES string of the molecule is CCN(C(=O)c1cccc(C(=O)Nc2c(F)cccc2F)c1)c1cccc(C)c1. The van der Waals surface area contributed by atoms with E-state index in [2.05, 4.69) is 5.32 Å². The van der Waals surface area contributed by atoms with Crippen LogP contribution in [-0.4, -0.2) is 18.4 Å². The standard InChI is InChI=1S/C23H20F2N2O2/c1-3-27(18-10-4-7-15(2)13-18)23(29)17-9-5-8-16(14-17)22(28)26-21-19(24)11-6-12-20(21)25/h4-14H,3H2,1-2H3,(H,26,28). The fourth-order valence-electron chi connectivity index (χ4n) is 2.99. The van der Waals surface area contributed by atoms with Crippen LogP contribution < -0.4 is 10.2 Å². The van der Waals surface area contributed by atoms with Gasteiger partial charge in [0, 0.05) is 23.4 Å². The highest BCUT2D eigenvalue weighted by Crippen LogP contribution is 2.21. The number of nitrogens with zero attached hydrogens (tertiary/aromatic N) is 1. The van der Waals surface area contributed by atoms with Gasteiger partial charge in [-0.25, -0.2) is 8.78 Å². The predicted octanol–water partition coefficient (Wildman–Crippen LogP) is 5.19. The van der Waals surface area contributed by atoms with E-state index in [1.807, 2.05) is 38.1 Å². The fraction of sp³-hybridized carbons (Fsp3) is 0.130. The summed E-state index contributed by atoms with van der Waals surface area (Å²) in [5.41, 5.74) is 1.67. The van der Waals surface area contributed by atoms with Crippen molar-refractivity contribution >= 4 is 23.2 Å². The number of rotatable bonds is 5. The molecule has 0 aliphatic rings. The minimum atomic E-state index is -0.873. The van der Waals surface area contributed by atoms with Crippen LogP contribution in [0.4, 0.5) is 20.2 Å². The van der Waals surface area contributed by atoms with E-state index in [9.17, 15) is 18.4 Å². The highest BCUT2D eigenvalue weighted by atomic mass is 19.1. The molecule has 3 rings (SSSR count). The highest BCUT2D eigenvalue weighted by Gasteiger charge is 2.19. The molecule has 0 saturated carbocycles. The van der Waals surface area contributed by atoms with Gasteiger partial charge in [-0.3, -0.25) is 9.59 Å². The topological polar surface area (TPSA) is 49.4 Å². The van der Waals surface area contributed by atoms with Crippen molar-refractivity contribution in [2.75, 3.05) is 16.8 Å². The number of amides is 2. The molecule has 0 heterocycles. The Morgan fingerprint density at radius 1 is 0.897 bits per heavy atom. The maximum Gasteiger partial charge on any atom is 0.258 e. The lowest BCUT2D eigenvalue weighted by Gasteiger charge is -2.22. The number of anilines is 2. The van der Waals surface area contributed by atoms with Crippen molar-refractivity contribution in [3.05, 3.63) is 95.1 Å². The molecule has 3 aromatic rings. The first-order valence-corrected chi connectivity index (χ1v) is 9.14. The van der Waals surface area contributed by atoms with E-state index in [4.69, 9.17) is 0 Å². The number of nitrogens with one attached hydrogen (secondary N) is 1. The Morgan fingerprint density at radius 2 is 1.52 bits per heavy atom. The molecule has 0 atom stereocenters. The number of hydrogen-bond donors (Lipinski definition) is 1. The summed E-state index contributed by atoms with van der Waals surface area (Å²) in [6.45, 7) is 4.24. The first-order valence-electron chi connectivity index (χ1n) is 9.14. The van der Waals surface area contributed by atoms with E-state index in [0.29, 0.717) is 12.1 Å². The monoisotopic (exact) mass is 394 g/mol. The summed E-state index contributed by atoms with van der Waals surface area (Å²) in [7, 11) is 0. The zero-order valence-electron chi connectivity index (χ0n) is 16.1. The molecule has 148 valence electrons. The van der Waals surface area contributed by atoms with E-state index in [0.717, 1.165) is 23.4 Å². The highest BCUT2D eigenvalue weighted by molar-refractivity contribution is 6.09. The second kappa shape index (κ2) is 8.65. The van der Waals surface area contributed by atoms with E-state index in [1.54, 1.807) is 17.0 Å². The lowest BCUT2D eigenvalue weighted by molar-refractivity contribution is 0.0988. The molecule has 0 aliphatic heterocycles. The van der Waals surface area contributed by atoms with Crippen molar-refractivity contribution in [3.63, 3.8) is 0 Å². The van der Waals surface area contributed by atoms with Crippen LogP contribution in [-0.2, 0) is 0 Å². The zero-order chi connectivity index (χ0) is 21.0. The molecule has 29 heavy (non-hydrogen) atoms. The summed E-state index contributed by atoms with van der Waals surface area (Å²) in [5, 5.41) is 2.23. The molecule has 0 saturated heterocycles. The maximum absolute atomic E-state index is 13.8. The summed E-state index contributed by atoms with van der Waals surface area (Å²) >= 11 is 0. The Hall–Kier alpha value is -3.54. The first-order chi connectivity index (χ1) is 13.9. The fourth-order valence-corrected chi connectivity index (χ4v) is 2.99. The molecule has 4 nitrogen and oxygen atoms in total. The van der Waals surface area contributed by atoms with Crippen LogP contribution in [0.25, 0.3) is 0 Å². The van der Waals surface area contributed by atoms with Crippen LogP contribution in [0.1, 0.15) is 33.2 Å². The Bertz CT molecular complexity index is 1050. The third-order valence-corrected chi connectivity index (χ3v) is 4.45. The van der Waals surface area contributed by atoms with E-state index in [1.165, 1.54) is 18.2 Å². The van der Waals surface area contributed by atoms with Crippen LogP contribution in [0.3, 0.4) is 0 Å². The second-order valence-electron chi connectivity index (χ2n) is 6.52. The van der Waals surface area contributed by atoms with Crippen molar-refractivity contribution in [2.24, 2.45) is 0 Å². The molecule has 0 fully saturated rings. The Kier molecular flexibility index (Phi) is 6.02. The van der Waals surface area contributed by atoms with Gasteiger partial charge in [0.05, 0.1) is 0 Å². The number of carbonyl (C=O) groups excluding carboxylic acids is 2. The van der Waals surface area contributed by atoms with Gasteiger partial charge >= 0.3 is 0 Å². The average Bonchev–Trinajstić information content (AvgIpc) is 2.71. The number of aryl methyl sites for hydroxylation is 1. The predicted molar refractivity (Wildman–Crippen MR) is 109 cm³/mol. The number of benzene rings is 3. The van der Waals surface area contributed by atoms with Gasteiger partial charge in [-0.1, -0.05) is 24.3 Å². The van der Waals surface area contributed by atoms with Gasteiger partial charge in [0.2, 0.25) is 0 Å². The van der Waals surface area contributed by atoms with Crippen molar-refractivity contribution in [3.8, 4) is 0 Å². The van der Waals surface area contributed by atoms with Gasteiger partial charge in [-0.15, -0.1) is 0 Å². The van der Waals surface area contributed by atoms with E-state index >= 15 is 0 Å². The molecule has 0 aliphatic carbocycles. The van der Waals surface area contributed by atoms with E-state index in [-0.39, 0.29) is 11.5 Å². The Labute approximate surface area is 167 Å². The number of para-hydroxylation sites is 1. The Balaban J connectivity index is 1.86. The third-order valence-electron chi connectivity index (χ3n) is 4.45. The van der Waals surface area contributed by atoms with Crippen molar-refractivity contribution < 1.29 is 18.4 Å². The normalized spacial score (nSPS) is 10.5. The molecule has 0 radical (unpaired) electrons. The van der Waals surface area contributed by atoms with Crippen LogP contribution >= 0.6 is 0 Å². The number of carbonyl (C=O) groups is 2.